The summed E-state index contributed by atoms with van der Waals surface area (Å²) >= 11 is 0. The largest absolute Gasteiger partial charge is 0.486 e. The van der Waals surface area contributed by atoms with Crippen LogP contribution in [-0.2, 0) is 14.8 Å². The summed E-state index contributed by atoms with van der Waals surface area (Å²) in [6.07, 6.45) is 1.99. The fourth-order valence-corrected chi connectivity index (χ4v) is 5.13. The fraction of sp³-hybridized carbons (Fsp3) is 0.632. The zero-order chi connectivity index (χ0) is 19.4. The normalized spacial score (nSPS) is 21.5. The highest BCUT2D eigenvalue weighted by atomic mass is 32.2. The molecule has 1 fully saturated rings. The Labute approximate surface area is 161 Å². The number of hydrogen-bond acceptors (Lipinski definition) is 5. The quantitative estimate of drug-likeness (QED) is 0.796. The first kappa shape index (κ1) is 19.9. The van der Waals surface area contributed by atoms with Crippen molar-refractivity contribution in [3.8, 4) is 11.5 Å². The van der Waals surface area contributed by atoms with Crippen molar-refractivity contribution in [1.82, 2.24) is 9.62 Å². The molecule has 0 bridgehead atoms. The van der Waals surface area contributed by atoms with Gasteiger partial charge >= 0.3 is 0 Å². The smallest absolute Gasteiger partial charge is 0.224 e. The summed E-state index contributed by atoms with van der Waals surface area (Å²) in [6.45, 7) is 5.59. The maximum atomic E-state index is 12.7. The molecule has 27 heavy (non-hydrogen) atoms. The van der Waals surface area contributed by atoms with E-state index in [1.807, 2.05) is 32.0 Å². The molecule has 0 radical (unpaired) electrons. The molecule has 7 nitrogen and oxygen atoms in total. The van der Waals surface area contributed by atoms with Crippen LogP contribution in [0.5, 0.6) is 11.5 Å². The molecule has 1 aromatic carbocycles. The molecule has 1 saturated heterocycles. The third kappa shape index (κ3) is 4.73. The molecule has 0 aromatic heterocycles. The van der Waals surface area contributed by atoms with Gasteiger partial charge in [0.15, 0.2) is 11.5 Å². The van der Waals surface area contributed by atoms with Crippen LogP contribution in [0.15, 0.2) is 18.2 Å². The predicted molar refractivity (Wildman–Crippen MR) is 102 cm³/mol. The number of piperidine rings is 1. The minimum absolute atomic E-state index is 0.103. The average Bonchev–Trinajstić information content (AvgIpc) is 2.67. The third-order valence-corrected chi connectivity index (χ3v) is 7.08. The number of nitrogens with zero attached hydrogens (tertiary/aromatic N) is 1. The van der Waals surface area contributed by atoms with Crippen molar-refractivity contribution >= 4 is 15.9 Å². The Hall–Kier alpha value is -1.80. The molecular formula is C19H28N2O5S. The lowest BCUT2D eigenvalue weighted by molar-refractivity contribution is -0.126. The van der Waals surface area contributed by atoms with E-state index in [-0.39, 0.29) is 30.2 Å². The van der Waals surface area contributed by atoms with Crippen molar-refractivity contribution in [3.05, 3.63) is 23.8 Å². The van der Waals surface area contributed by atoms with Gasteiger partial charge in [-0.2, -0.15) is 0 Å². The number of fused-ring (bicyclic) bond motifs is 1. The molecule has 150 valence electrons. The summed E-state index contributed by atoms with van der Waals surface area (Å²) in [5, 5.41) is 3.02. The van der Waals surface area contributed by atoms with Crippen LogP contribution in [0.3, 0.4) is 0 Å². The second kappa shape index (κ2) is 8.48. The van der Waals surface area contributed by atoms with E-state index in [9.17, 15) is 13.2 Å². The number of nitrogens with one attached hydrogen (secondary N) is 1. The zero-order valence-electron chi connectivity index (χ0n) is 15.9. The van der Waals surface area contributed by atoms with Crippen molar-refractivity contribution in [2.75, 3.05) is 32.1 Å². The molecule has 2 heterocycles. The summed E-state index contributed by atoms with van der Waals surface area (Å²) in [4.78, 5) is 12.7. The average molecular weight is 397 g/mol. The maximum absolute atomic E-state index is 12.7. The van der Waals surface area contributed by atoms with E-state index >= 15 is 0 Å². The Morgan fingerprint density at radius 3 is 2.78 bits per heavy atom. The molecular weight excluding hydrogens is 368 g/mol. The Morgan fingerprint density at radius 1 is 1.30 bits per heavy atom. The van der Waals surface area contributed by atoms with Gasteiger partial charge in [-0.3, -0.25) is 4.79 Å². The van der Waals surface area contributed by atoms with E-state index in [4.69, 9.17) is 9.47 Å². The van der Waals surface area contributed by atoms with Crippen molar-refractivity contribution < 1.29 is 22.7 Å². The van der Waals surface area contributed by atoms with Crippen LogP contribution in [-0.4, -0.2) is 50.7 Å². The van der Waals surface area contributed by atoms with Crippen LogP contribution in [0.4, 0.5) is 0 Å². The molecule has 3 rings (SSSR count). The topological polar surface area (TPSA) is 84.9 Å². The molecule has 2 aliphatic rings. The highest BCUT2D eigenvalue weighted by Crippen LogP contribution is 2.32. The Kier molecular flexibility index (Phi) is 6.26. The molecule has 0 saturated carbocycles. The minimum Gasteiger partial charge on any atom is -0.486 e. The maximum Gasteiger partial charge on any atom is 0.224 e. The Balaban J connectivity index is 1.62. The summed E-state index contributed by atoms with van der Waals surface area (Å²) in [7, 11) is -3.27. The fourth-order valence-electron chi connectivity index (χ4n) is 3.54. The molecule has 2 aliphatic heterocycles. The van der Waals surface area contributed by atoms with Crippen LogP contribution in [0.25, 0.3) is 0 Å². The molecule has 1 aromatic rings. The molecule has 1 N–H and O–H groups in total. The lowest BCUT2D eigenvalue weighted by Crippen LogP contribution is -2.46. The third-order valence-electron chi connectivity index (χ3n) is 5.04. The summed E-state index contributed by atoms with van der Waals surface area (Å²) in [5.41, 5.74) is 0.930. The first-order chi connectivity index (χ1) is 12.9. The van der Waals surface area contributed by atoms with Crippen LogP contribution < -0.4 is 14.8 Å². The van der Waals surface area contributed by atoms with Crippen LogP contribution in [0.2, 0.25) is 0 Å². The summed E-state index contributed by atoms with van der Waals surface area (Å²) in [6, 6.07) is 5.46. The van der Waals surface area contributed by atoms with Crippen molar-refractivity contribution in [1.29, 1.82) is 0 Å². The molecule has 8 heteroatoms. The standard InChI is InChI=1S/C19H28N2O5S/c1-3-11-27(23,24)21-8-4-5-16(13-21)19(22)20-14(2)15-6-7-17-18(12-15)26-10-9-25-17/h6-7,12,14,16H,3-5,8-11,13H2,1-2H3,(H,20,22)/t14-,16+/m0/s1. The summed E-state index contributed by atoms with van der Waals surface area (Å²) < 4.78 is 37.2. The van der Waals surface area contributed by atoms with Crippen molar-refractivity contribution in [2.24, 2.45) is 5.92 Å². The van der Waals surface area contributed by atoms with Crippen LogP contribution in [0, 0.1) is 5.92 Å². The van der Waals surface area contributed by atoms with E-state index in [1.54, 1.807) is 0 Å². The molecule has 0 spiro atoms. The number of sulfonamides is 1. The van der Waals surface area contributed by atoms with Gasteiger partial charge in [0, 0.05) is 13.1 Å². The van der Waals surface area contributed by atoms with Gasteiger partial charge in [0.25, 0.3) is 0 Å². The first-order valence-corrected chi connectivity index (χ1v) is 11.2. The lowest BCUT2D eigenvalue weighted by Gasteiger charge is -2.32. The molecule has 0 aliphatic carbocycles. The molecule has 0 unspecified atom stereocenters. The van der Waals surface area contributed by atoms with E-state index in [0.717, 1.165) is 5.56 Å². The van der Waals surface area contributed by atoms with Crippen molar-refractivity contribution in [3.63, 3.8) is 0 Å². The molecule has 1 amide bonds. The molecule has 2 atom stereocenters. The Bertz CT molecular complexity index is 780. The number of amides is 1. The summed E-state index contributed by atoms with van der Waals surface area (Å²) in [5.74, 6) is 1.12. The van der Waals surface area contributed by atoms with E-state index in [1.165, 1.54) is 4.31 Å². The van der Waals surface area contributed by atoms with Gasteiger partial charge in [-0.25, -0.2) is 12.7 Å². The number of hydrogen-bond donors (Lipinski definition) is 1. The Morgan fingerprint density at radius 2 is 2.04 bits per heavy atom. The number of ether oxygens (including phenoxy) is 2. The number of rotatable bonds is 6. The zero-order valence-corrected chi connectivity index (χ0v) is 16.8. The van der Waals surface area contributed by atoms with E-state index < -0.39 is 10.0 Å². The lowest BCUT2D eigenvalue weighted by atomic mass is 9.97. The van der Waals surface area contributed by atoms with Crippen LogP contribution in [0.1, 0.15) is 44.7 Å². The number of benzene rings is 1. The van der Waals surface area contributed by atoms with Gasteiger partial charge in [-0.15, -0.1) is 0 Å². The van der Waals surface area contributed by atoms with Gasteiger partial charge in [0.1, 0.15) is 13.2 Å². The van der Waals surface area contributed by atoms with Gasteiger partial charge in [0.2, 0.25) is 15.9 Å². The van der Waals surface area contributed by atoms with Crippen molar-refractivity contribution in [2.45, 2.75) is 39.2 Å². The van der Waals surface area contributed by atoms with Gasteiger partial charge in [-0.05, 0) is 43.9 Å². The number of carbonyl (C=O) groups excluding carboxylic acids is 1. The second-order valence-corrected chi connectivity index (χ2v) is 9.24. The first-order valence-electron chi connectivity index (χ1n) is 9.58. The monoisotopic (exact) mass is 396 g/mol. The predicted octanol–water partition coefficient (Wildman–Crippen LogP) is 2.09. The SMILES string of the molecule is CCCS(=O)(=O)N1CCC[C@@H](C(=O)N[C@@H](C)c2ccc3c(c2)OCCO3)C1. The number of carbonyl (C=O) groups is 1. The van der Waals surface area contributed by atoms with Gasteiger partial charge in [-0.1, -0.05) is 13.0 Å². The van der Waals surface area contributed by atoms with Crippen LogP contribution >= 0.6 is 0 Å². The second-order valence-electron chi connectivity index (χ2n) is 7.15. The van der Waals surface area contributed by atoms with Gasteiger partial charge in [0.05, 0.1) is 17.7 Å². The van der Waals surface area contributed by atoms with E-state index in [0.29, 0.717) is 50.5 Å². The van der Waals surface area contributed by atoms with Gasteiger partial charge < -0.3 is 14.8 Å². The minimum atomic E-state index is -3.27. The van der Waals surface area contributed by atoms with E-state index in [2.05, 4.69) is 5.32 Å². The highest BCUT2D eigenvalue weighted by molar-refractivity contribution is 7.89. The highest BCUT2D eigenvalue weighted by Gasteiger charge is 2.32.